The average Bonchev–Trinajstić information content (AvgIpc) is 2.45. The Bertz CT molecular complexity index is 491. The van der Waals surface area contributed by atoms with Gasteiger partial charge in [0.25, 0.3) is 0 Å². The van der Waals surface area contributed by atoms with Gasteiger partial charge < -0.3 is 15.7 Å². The van der Waals surface area contributed by atoms with Crippen LogP contribution in [0.5, 0.6) is 5.75 Å². The zero-order valence-electron chi connectivity index (χ0n) is 11.3. The molecule has 20 heavy (non-hydrogen) atoms. The minimum atomic E-state index is -0.394. The number of rotatable bonds is 3. The first kappa shape index (κ1) is 15.4. The molecule has 2 rings (SSSR count). The molecule has 0 saturated carbocycles. The summed E-state index contributed by atoms with van der Waals surface area (Å²) in [6, 6.07) is 3.00. The Labute approximate surface area is 128 Å². The molecule has 1 atom stereocenters. The lowest BCUT2D eigenvalue weighted by molar-refractivity contribution is -0.126. The van der Waals surface area contributed by atoms with Crippen LogP contribution in [-0.4, -0.2) is 24.1 Å². The molecule has 110 valence electrons. The van der Waals surface area contributed by atoms with Crippen LogP contribution in [0.2, 0.25) is 10.0 Å². The van der Waals surface area contributed by atoms with E-state index in [0.29, 0.717) is 12.2 Å². The highest BCUT2D eigenvalue weighted by Gasteiger charge is 2.37. The summed E-state index contributed by atoms with van der Waals surface area (Å²) in [6.45, 7) is 3.64. The molecule has 0 aromatic heterocycles. The maximum atomic E-state index is 12.5. The number of hydrogen-bond acceptors (Lipinski definition) is 3. The van der Waals surface area contributed by atoms with E-state index in [1.165, 1.54) is 12.1 Å². The maximum absolute atomic E-state index is 12.5. The number of phenols is 1. The highest BCUT2D eigenvalue weighted by atomic mass is 35.5. The fourth-order valence-electron chi connectivity index (χ4n) is 2.53. The van der Waals surface area contributed by atoms with Crippen molar-refractivity contribution in [1.82, 2.24) is 5.32 Å². The molecule has 4 nitrogen and oxygen atoms in total. The van der Waals surface area contributed by atoms with Crippen molar-refractivity contribution < 1.29 is 9.90 Å². The molecule has 1 saturated heterocycles. The van der Waals surface area contributed by atoms with E-state index < -0.39 is 5.41 Å². The van der Waals surface area contributed by atoms with Crippen molar-refractivity contribution in [2.75, 3.05) is 18.4 Å². The molecule has 1 aromatic rings. The van der Waals surface area contributed by atoms with Crippen molar-refractivity contribution in [2.45, 2.75) is 26.2 Å². The summed E-state index contributed by atoms with van der Waals surface area (Å²) in [5, 5.41) is 15.9. The van der Waals surface area contributed by atoms with Crippen molar-refractivity contribution in [3.63, 3.8) is 0 Å². The lowest BCUT2D eigenvalue weighted by Crippen LogP contribution is -2.47. The predicted molar refractivity (Wildman–Crippen MR) is 81.6 cm³/mol. The summed E-state index contributed by atoms with van der Waals surface area (Å²) < 4.78 is 0. The van der Waals surface area contributed by atoms with Gasteiger partial charge in [-0.05, 0) is 37.9 Å². The Kier molecular flexibility index (Phi) is 4.78. The van der Waals surface area contributed by atoms with Crippen molar-refractivity contribution in [2.24, 2.45) is 5.41 Å². The first-order valence-corrected chi connectivity index (χ1v) is 7.44. The summed E-state index contributed by atoms with van der Waals surface area (Å²) in [5.41, 5.74) is 0.107. The van der Waals surface area contributed by atoms with E-state index >= 15 is 0 Å². The number of piperidine rings is 1. The SMILES string of the molecule is CCC1(C(=O)Nc2cc(Cl)c(O)c(Cl)c2)CCCNC1. The fourth-order valence-corrected chi connectivity index (χ4v) is 3.01. The zero-order valence-corrected chi connectivity index (χ0v) is 12.8. The Hall–Kier alpha value is -0.970. The van der Waals surface area contributed by atoms with Gasteiger partial charge in [-0.2, -0.15) is 0 Å². The zero-order chi connectivity index (χ0) is 14.8. The third-order valence-corrected chi connectivity index (χ3v) is 4.48. The maximum Gasteiger partial charge on any atom is 0.231 e. The Morgan fingerprint density at radius 1 is 1.45 bits per heavy atom. The van der Waals surface area contributed by atoms with Crippen LogP contribution in [-0.2, 0) is 4.79 Å². The number of phenolic OH excluding ortho intramolecular Hbond substituents is 1. The van der Waals surface area contributed by atoms with Crippen molar-refractivity contribution in [3.8, 4) is 5.75 Å². The second kappa shape index (κ2) is 6.20. The Balaban J connectivity index is 2.18. The summed E-state index contributed by atoms with van der Waals surface area (Å²) in [7, 11) is 0. The van der Waals surface area contributed by atoms with Crippen LogP contribution in [0.15, 0.2) is 12.1 Å². The molecule has 0 bridgehead atoms. The molecule has 1 aliphatic heterocycles. The number of nitrogens with one attached hydrogen (secondary N) is 2. The molecule has 0 radical (unpaired) electrons. The lowest BCUT2D eigenvalue weighted by Gasteiger charge is -2.35. The predicted octanol–water partition coefficient (Wildman–Crippen LogP) is 3.42. The Morgan fingerprint density at radius 3 is 2.60 bits per heavy atom. The van der Waals surface area contributed by atoms with Gasteiger partial charge >= 0.3 is 0 Å². The van der Waals surface area contributed by atoms with Crippen LogP contribution in [0.25, 0.3) is 0 Å². The van der Waals surface area contributed by atoms with Crippen LogP contribution in [0.3, 0.4) is 0 Å². The molecule has 1 unspecified atom stereocenters. The van der Waals surface area contributed by atoms with E-state index in [4.69, 9.17) is 23.2 Å². The topological polar surface area (TPSA) is 61.4 Å². The van der Waals surface area contributed by atoms with Crippen LogP contribution in [0, 0.1) is 5.41 Å². The molecule has 1 fully saturated rings. The molecular formula is C14H18Cl2N2O2. The summed E-state index contributed by atoms with van der Waals surface area (Å²) >= 11 is 11.7. The minimum absolute atomic E-state index is 0.0370. The van der Waals surface area contributed by atoms with Gasteiger partial charge in [-0.1, -0.05) is 30.1 Å². The molecule has 1 aromatic carbocycles. The molecule has 0 aliphatic carbocycles. The largest absolute Gasteiger partial charge is 0.505 e. The molecular weight excluding hydrogens is 299 g/mol. The summed E-state index contributed by atoms with van der Waals surface area (Å²) in [4.78, 5) is 12.5. The number of benzene rings is 1. The standard InChI is InChI=1S/C14H18Cl2N2O2/c1-2-14(4-3-5-17-8-14)13(20)18-9-6-10(15)12(19)11(16)7-9/h6-7,17,19H,2-5,8H2,1H3,(H,18,20). The van der Waals surface area contributed by atoms with Crippen LogP contribution >= 0.6 is 23.2 Å². The number of amides is 1. The van der Waals surface area contributed by atoms with Gasteiger partial charge in [-0.15, -0.1) is 0 Å². The van der Waals surface area contributed by atoms with Crippen molar-refractivity contribution >= 4 is 34.8 Å². The highest BCUT2D eigenvalue weighted by Crippen LogP contribution is 2.36. The molecule has 1 aliphatic rings. The van der Waals surface area contributed by atoms with Gasteiger partial charge in [0, 0.05) is 12.2 Å². The fraction of sp³-hybridized carbons (Fsp3) is 0.500. The van der Waals surface area contributed by atoms with Crippen molar-refractivity contribution in [1.29, 1.82) is 0 Å². The number of anilines is 1. The van der Waals surface area contributed by atoms with E-state index in [9.17, 15) is 9.90 Å². The second-order valence-electron chi connectivity index (χ2n) is 5.16. The van der Waals surface area contributed by atoms with Crippen LogP contribution in [0.1, 0.15) is 26.2 Å². The monoisotopic (exact) mass is 316 g/mol. The average molecular weight is 317 g/mol. The minimum Gasteiger partial charge on any atom is -0.505 e. The van der Waals surface area contributed by atoms with Gasteiger partial charge in [-0.3, -0.25) is 4.79 Å². The molecule has 3 N–H and O–H groups in total. The van der Waals surface area contributed by atoms with Crippen LogP contribution in [0.4, 0.5) is 5.69 Å². The Morgan fingerprint density at radius 2 is 2.10 bits per heavy atom. The van der Waals surface area contributed by atoms with Gasteiger partial charge in [0.2, 0.25) is 5.91 Å². The van der Waals surface area contributed by atoms with Crippen molar-refractivity contribution in [3.05, 3.63) is 22.2 Å². The number of carbonyl (C=O) groups excluding carboxylic acids is 1. The van der Waals surface area contributed by atoms with Gasteiger partial charge in [0.1, 0.15) is 0 Å². The van der Waals surface area contributed by atoms with Gasteiger partial charge in [-0.25, -0.2) is 0 Å². The third kappa shape index (κ3) is 3.03. The molecule has 1 heterocycles. The molecule has 6 heteroatoms. The third-order valence-electron chi connectivity index (χ3n) is 3.91. The number of halogens is 2. The first-order chi connectivity index (χ1) is 9.48. The van der Waals surface area contributed by atoms with E-state index in [2.05, 4.69) is 10.6 Å². The second-order valence-corrected chi connectivity index (χ2v) is 5.97. The normalized spacial score (nSPS) is 22.6. The molecule has 0 spiro atoms. The first-order valence-electron chi connectivity index (χ1n) is 6.69. The summed E-state index contributed by atoms with van der Waals surface area (Å²) in [5.74, 6) is -0.208. The molecule has 1 amide bonds. The quantitative estimate of drug-likeness (QED) is 0.749. The number of aromatic hydroxyl groups is 1. The van der Waals surface area contributed by atoms with E-state index in [-0.39, 0.29) is 21.7 Å². The highest BCUT2D eigenvalue weighted by molar-refractivity contribution is 6.37. The van der Waals surface area contributed by atoms with E-state index in [0.717, 1.165) is 25.8 Å². The van der Waals surface area contributed by atoms with E-state index in [1.807, 2.05) is 6.92 Å². The smallest absolute Gasteiger partial charge is 0.231 e. The van der Waals surface area contributed by atoms with Crippen LogP contribution < -0.4 is 10.6 Å². The van der Waals surface area contributed by atoms with E-state index in [1.54, 1.807) is 0 Å². The van der Waals surface area contributed by atoms with Gasteiger partial charge in [0.15, 0.2) is 5.75 Å². The number of carbonyl (C=O) groups is 1. The lowest BCUT2D eigenvalue weighted by atomic mass is 9.77. The number of hydrogen-bond donors (Lipinski definition) is 3. The van der Waals surface area contributed by atoms with Gasteiger partial charge in [0.05, 0.1) is 15.5 Å². The summed E-state index contributed by atoms with van der Waals surface area (Å²) in [6.07, 6.45) is 2.62.